The molecule has 0 spiro atoms. The van der Waals surface area contributed by atoms with Crippen LogP contribution in [0.15, 0.2) is 47.1 Å². The average molecular weight is 511 g/mol. The molecule has 1 aromatic carbocycles. The summed E-state index contributed by atoms with van der Waals surface area (Å²) in [5, 5.41) is 11.4. The molecule has 162 valence electrons. The van der Waals surface area contributed by atoms with Gasteiger partial charge in [-0.25, -0.2) is 14.6 Å². The van der Waals surface area contributed by atoms with Gasteiger partial charge in [-0.15, -0.1) is 0 Å². The molecule has 0 radical (unpaired) electrons. The number of anilines is 2. The molecule has 2 N–H and O–H groups in total. The molecule has 1 aliphatic rings. The summed E-state index contributed by atoms with van der Waals surface area (Å²) in [4.78, 5) is 21.5. The van der Waals surface area contributed by atoms with Crippen LogP contribution in [0.25, 0.3) is 27.5 Å². The molecule has 5 rings (SSSR count). The van der Waals surface area contributed by atoms with Crippen molar-refractivity contribution in [2.24, 2.45) is 0 Å². The number of nitrogens with one attached hydrogen (secondary N) is 2. The van der Waals surface area contributed by atoms with Gasteiger partial charge in [0.2, 0.25) is 5.91 Å². The van der Waals surface area contributed by atoms with Crippen LogP contribution < -0.4 is 15.4 Å². The van der Waals surface area contributed by atoms with E-state index in [9.17, 15) is 4.79 Å². The number of amides is 1. The van der Waals surface area contributed by atoms with E-state index >= 15 is 0 Å². The number of ether oxygens (including phenoxy) is 1. The first-order chi connectivity index (χ1) is 15.5. The SMILES string of the molecule is CCNc1ccc(-c2nn(-c3ccccc3Br)c3c2OCc2nc(NC(C)=O)sc2-3)cn1. The number of benzene rings is 1. The molecule has 0 bridgehead atoms. The van der Waals surface area contributed by atoms with Gasteiger partial charge in [-0.2, -0.15) is 5.10 Å². The van der Waals surface area contributed by atoms with Gasteiger partial charge in [0.25, 0.3) is 0 Å². The molecule has 0 unspecified atom stereocenters. The predicted octanol–water partition coefficient (Wildman–Crippen LogP) is 5.10. The van der Waals surface area contributed by atoms with Crippen molar-refractivity contribution in [2.75, 3.05) is 17.2 Å². The Hall–Kier alpha value is -3.24. The maximum absolute atomic E-state index is 11.6. The lowest BCUT2D eigenvalue weighted by Crippen LogP contribution is -2.08. The Morgan fingerprint density at radius 2 is 2.12 bits per heavy atom. The molecule has 32 heavy (non-hydrogen) atoms. The van der Waals surface area contributed by atoms with Crippen LogP contribution in [0.4, 0.5) is 10.9 Å². The third-order valence-corrected chi connectivity index (χ3v) is 6.56. The topological polar surface area (TPSA) is 94.0 Å². The minimum absolute atomic E-state index is 0.163. The summed E-state index contributed by atoms with van der Waals surface area (Å²) in [5.74, 6) is 1.31. The highest BCUT2D eigenvalue weighted by atomic mass is 79.9. The van der Waals surface area contributed by atoms with Crippen LogP contribution in [0.3, 0.4) is 0 Å². The van der Waals surface area contributed by atoms with Crippen molar-refractivity contribution in [3.63, 3.8) is 0 Å². The van der Waals surface area contributed by atoms with Gasteiger partial charge < -0.3 is 15.4 Å². The molecule has 0 saturated carbocycles. The highest BCUT2D eigenvalue weighted by Crippen LogP contribution is 2.48. The van der Waals surface area contributed by atoms with Gasteiger partial charge >= 0.3 is 0 Å². The molecular weight excluding hydrogens is 492 g/mol. The Balaban J connectivity index is 1.70. The van der Waals surface area contributed by atoms with E-state index in [2.05, 4.69) is 36.5 Å². The first kappa shape index (κ1) is 20.7. The predicted molar refractivity (Wildman–Crippen MR) is 128 cm³/mol. The van der Waals surface area contributed by atoms with Crippen LogP contribution in [0.1, 0.15) is 19.5 Å². The number of fused-ring (bicyclic) bond motifs is 3. The molecule has 4 aromatic rings. The Labute approximate surface area is 196 Å². The van der Waals surface area contributed by atoms with Crippen LogP contribution in [0.5, 0.6) is 5.75 Å². The van der Waals surface area contributed by atoms with Gasteiger partial charge in [0, 0.05) is 29.7 Å². The molecule has 0 atom stereocenters. The van der Waals surface area contributed by atoms with Gasteiger partial charge in [0.15, 0.2) is 10.9 Å². The van der Waals surface area contributed by atoms with Crippen LogP contribution in [-0.2, 0) is 11.4 Å². The fourth-order valence-electron chi connectivity index (χ4n) is 3.53. The summed E-state index contributed by atoms with van der Waals surface area (Å²) in [6, 6.07) is 11.8. The maximum Gasteiger partial charge on any atom is 0.223 e. The van der Waals surface area contributed by atoms with Gasteiger partial charge in [-0.05, 0) is 47.1 Å². The van der Waals surface area contributed by atoms with E-state index in [1.165, 1.54) is 18.3 Å². The van der Waals surface area contributed by atoms with Crippen molar-refractivity contribution in [3.05, 3.63) is 52.8 Å². The quantitative estimate of drug-likeness (QED) is 0.387. The number of hydrogen-bond donors (Lipinski definition) is 2. The second-order valence-corrected chi connectivity index (χ2v) is 8.97. The summed E-state index contributed by atoms with van der Waals surface area (Å²) in [5.41, 5.74) is 4.00. The molecule has 4 heterocycles. The van der Waals surface area contributed by atoms with Gasteiger partial charge in [0.1, 0.15) is 29.5 Å². The normalized spacial score (nSPS) is 12.0. The monoisotopic (exact) mass is 510 g/mol. The Morgan fingerprint density at radius 3 is 2.84 bits per heavy atom. The standard InChI is InChI=1S/C22H19BrN6O2S/c1-3-24-17-9-8-13(10-25-17)18-20-19(29(28-18)16-7-5-4-6-14(16)23)21-15(11-31-20)27-22(32-21)26-12(2)30/h4-10H,3,11H2,1-2H3,(H,24,25)(H,26,27,30). The van der Waals surface area contributed by atoms with E-state index in [4.69, 9.17) is 9.84 Å². The fourth-order valence-corrected chi connectivity index (χ4v) is 5.02. The Kier molecular flexibility index (Phi) is 5.40. The largest absolute Gasteiger partial charge is 0.483 e. The minimum Gasteiger partial charge on any atom is -0.483 e. The van der Waals surface area contributed by atoms with E-state index in [0.29, 0.717) is 23.2 Å². The zero-order chi connectivity index (χ0) is 22.2. The van der Waals surface area contributed by atoms with E-state index < -0.39 is 0 Å². The number of carbonyl (C=O) groups excluding carboxylic acids is 1. The third-order valence-electron chi connectivity index (χ3n) is 4.87. The number of aromatic nitrogens is 4. The average Bonchev–Trinajstić information content (AvgIpc) is 3.35. The van der Waals surface area contributed by atoms with E-state index in [-0.39, 0.29) is 5.91 Å². The van der Waals surface area contributed by atoms with Crippen LogP contribution in [-0.4, -0.2) is 32.2 Å². The zero-order valence-electron chi connectivity index (χ0n) is 17.3. The highest BCUT2D eigenvalue weighted by molar-refractivity contribution is 9.10. The van der Waals surface area contributed by atoms with Crippen LogP contribution in [0.2, 0.25) is 0 Å². The molecule has 8 nitrogen and oxygen atoms in total. The molecule has 0 saturated heterocycles. The van der Waals surface area contributed by atoms with Gasteiger partial charge in [0.05, 0.1) is 10.6 Å². The van der Waals surface area contributed by atoms with E-state index in [1.54, 1.807) is 6.20 Å². The number of hydrogen-bond acceptors (Lipinski definition) is 7. The summed E-state index contributed by atoms with van der Waals surface area (Å²) >= 11 is 5.05. The maximum atomic E-state index is 11.6. The van der Waals surface area contributed by atoms with E-state index in [1.807, 2.05) is 48.0 Å². The molecule has 1 amide bonds. The van der Waals surface area contributed by atoms with Crippen molar-refractivity contribution in [3.8, 4) is 33.3 Å². The summed E-state index contributed by atoms with van der Waals surface area (Å²) in [6.07, 6.45) is 1.79. The number of carbonyl (C=O) groups is 1. The number of nitrogens with zero attached hydrogens (tertiary/aromatic N) is 4. The van der Waals surface area contributed by atoms with Crippen molar-refractivity contribution < 1.29 is 9.53 Å². The summed E-state index contributed by atoms with van der Waals surface area (Å²) < 4.78 is 8.92. The van der Waals surface area contributed by atoms with Crippen molar-refractivity contribution in [2.45, 2.75) is 20.5 Å². The smallest absolute Gasteiger partial charge is 0.223 e. The van der Waals surface area contributed by atoms with Crippen LogP contribution >= 0.6 is 27.3 Å². The molecular formula is C22H19BrN6O2S. The molecule has 0 fully saturated rings. The number of thiazole rings is 1. The molecule has 10 heteroatoms. The summed E-state index contributed by atoms with van der Waals surface area (Å²) in [7, 11) is 0. The van der Waals surface area contributed by atoms with Crippen LogP contribution in [0, 0.1) is 0 Å². The Morgan fingerprint density at radius 1 is 1.28 bits per heavy atom. The molecule has 0 aliphatic carbocycles. The van der Waals surface area contributed by atoms with E-state index in [0.717, 1.165) is 44.4 Å². The second kappa shape index (κ2) is 8.36. The fraction of sp³-hybridized carbons (Fsp3) is 0.182. The first-order valence-electron chi connectivity index (χ1n) is 10.0. The number of pyridine rings is 1. The van der Waals surface area contributed by atoms with Crippen molar-refractivity contribution in [1.29, 1.82) is 0 Å². The first-order valence-corrected chi connectivity index (χ1v) is 11.6. The van der Waals surface area contributed by atoms with Gasteiger partial charge in [-0.1, -0.05) is 23.5 Å². The second-order valence-electron chi connectivity index (χ2n) is 7.12. The lowest BCUT2D eigenvalue weighted by molar-refractivity contribution is -0.114. The zero-order valence-corrected chi connectivity index (χ0v) is 19.7. The molecule has 3 aromatic heterocycles. The minimum atomic E-state index is -0.163. The number of para-hydroxylation sites is 1. The van der Waals surface area contributed by atoms with Crippen molar-refractivity contribution in [1.82, 2.24) is 19.7 Å². The molecule has 1 aliphatic heterocycles. The summed E-state index contributed by atoms with van der Waals surface area (Å²) in [6.45, 7) is 4.60. The number of halogens is 1. The number of rotatable bonds is 5. The lowest BCUT2D eigenvalue weighted by atomic mass is 10.1. The Bertz CT molecular complexity index is 1310. The van der Waals surface area contributed by atoms with Crippen molar-refractivity contribution >= 4 is 44.1 Å². The lowest BCUT2D eigenvalue weighted by Gasteiger charge is -2.15. The third kappa shape index (κ3) is 3.65. The highest BCUT2D eigenvalue weighted by Gasteiger charge is 2.32. The van der Waals surface area contributed by atoms with Gasteiger partial charge in [-0.3, -0.25) is 4.79 Å².